The molecule has 0 spiro atoms. The van der Waals surface area contributed by atoms with Gasteiger partial charge in [-0.15, -0.1) is 0 Å². The Morgan fingerprint density at radius 3 is 3.05 bits per heavy atom. The van der Waals surface area contributed by atoms with Crippen molar-refractivity contribution in [2.75, 3.05) is 24.6 Å². The highest BCUT2D eigenvalue weighted by Crippen LogP contribution is 2.33. The summed E-state index contributed by atoms with van der Waals surface area (Å²) in [7, 11) is 0. The molecule has 21 heavy (non-hydrogen) atoms. The van der Waals surface area contributed by atoms with Crippen LogP contribution in [0.3, 0.4) is 0 Å². The Kier molecular flexibility index (Phi) is 3.24. The number of hydrogen-bond acceptors (Lipinski definition) is 4. The number of rotatable bonds is 1. The van der Waals surface area contributed by atoms with Crippen LogP contribution in [0.2, 0.25) is 0 Å². The predicted octanol–water partition coefficient (Wildman–Crippen LogP) is 2.65. The maximum atomic E-state index is 5.77. The summed E-state index contributed by atoms with van der Waals surface area (Å²) in [6, 6.07) is 12.8. The predicted molar refractivity (Wildman–Crippen MR) is 83.2 cm³/mol. The molecule has 0 radical (unpaired) electrons. The smallest absolute Gasteiger partial charge is 0.219 e. The van der Waals surface area contributed by atoms with Gasteiger partial charge in [0.15, 0.2) is 0 Å². The summed E-state index contributed by atoms with van der Waals surface area (Å²) in [5.41, 5.74) is 3.83. The molecule has 0 unspecified atom stereocenters. The molecule has 0 aliphatic carbocycles. The molecule has 0 fully saturated rings. The Bertz CT molecular complexity index is 656. The van der Waals surface area contributed by atoms with E-state index in [9.17, 15) is 0 Å². The number of nitrogens with zero attached hydrogens (tertiary/aromatic N) is 2. The molecule has 0 saturated heterocycles. The molecule has 1 aromatic heterocycles. The third-order valence-electron chi connectivity index (χ3n) is 4.14. The molecule has 108 valence electrons. The first-order chi connectivity index (χ1) is 10.4. The van der Waals surface area contributed by atoms with Gasteiger partial charge in [-0.1, -0.05) is 18.2 Å². The third kappa shape index (κ3) is 2.36. The van der Waals surface area contributed by atoms with Crippen molar-refractivity contribution < 1.29 is 4.74 Å². The van der Waals surface area contributed by atoms with Gasteiger partial charge >= 0.3 is 0 Å². The summed E-state index contributed by atoms with van der Waals surface area (Å²) in [5, 5.41) is 3.34. The van der Waals surface area contributed by atoms with Crippen LogP contribution in [0.4, 0.5) is 11.5 Å². The van der Waals surface area contributed by atoms with Crippen molar-refractivity contribution in [3.05, 3.63) is 47.5 Å². The molecule has 1 N–H and O–H groups in total. The first-order valence-electron chi connectivity index (χ1n) is 7.61. The van der Waals surface area contributed by atoms with E-state index in [1.54, 1.807) is 0 Å². The summed E-state index contributed by atoms with van der Waals surface area (Å²) in [6.07, 6.45) is 2.32. The number of nitrogens with one attached hydrogen (secondary N) is 1. The lowest BCUT2D eigenvalue weighted by Gasteiger charge is -2.30. The normalized spacial score (nSPS) is 17.4. The van der Waals surface area contributed by atoms with Gasteiger partial charge < -0.3 is 15.0 Å². The van der Waals surface area contributed by atoms with E-state index in [2.05, 4.69) is 46.6 Å². The summed E-state index contributed by atoms with van der Waals surface area (Å²) in [5.74, 6) is 1.77. The van der Waals surface area contributed by atoms with Gasteiger partial charge in [0.2, 0.25) is 5.88 Å². The van der Waals surface area contributed by atoms with Crippen LogP contribution in [0.15, 0.2) is 36.4 Å². The minimum absolute atomic E-state index is 0.681. The molecule has 0 bridgehead atoms. The Morgan fingerprint density at radius 1 is 1.10 bits per heavy atom. The molecule has 4 nitrogen and oxygen atoms in total. The van der Waals surface area contributed by atoms with Crippen molar-refractivity contribution in [3.63, 3.8) is 0 Å². The van der Waals surface area contributed by atoms with Crippen LogP contribution < -0.4 is 15.0 Å². The molecular weight excluding hydrogens is 262 g/mol. The average Bonchev–Trinajstić information content (AvgIpc) is 2.79. The van der Waals surface area contributed by atoms with Crippen molar-refractivity contribution in [2.45, 2.75) is 19.4 Å². The number of fused-ring (bicyclic) bond motifs is 2. The molecule has 3 heterocycles. The number of para-hydroxylation sites is 1. The second kappa shape index (κ2) is 5.37. The number of ether oxygens (including phenoxy) is 1. The van der Waals surface area contributed by atoms with Crippen molar-refractivity contribution in [1.82, 2.24) is 10.3 Å². The van der Waals surface area contributed by atoms with Crippen LogP contribution in [0.5, 0.6) is 5.88 Å². The second-order valence-corrected chi connectivity index (χ2v) is 5.54. The maximum Gasteiger partial charge on any atom is 0.219 e. The van der Waals surface area contributed by atoms with Crippen molar-refractivity contribution in [3.8, 4) is 5.88 Å². The Balaban J connectivity index is 1.73. The summed E-state index contributed by atoms with van der Waals surface area (Å²) >= 11 is 0. The number of aryl methyl sites for hydroxylation is 1. The van der Waals surface area contributed by atoms with E-state index in [0.717, 1.165) is 49.7 Å². The number of anilines is 2. The van der Waals surface area contributed by atoms with Gasteiger partial charge in [-0.25, -0.2) is 0 Å². The summed E-state index contributed by atoms with van der Waals surface area (Å²) < 4.78 is 5.77. The number of hydrogen-bond donors (Lipinski definition) is 1. The maximum absolute atomic E-state index is 5.77. The SMILES string of the molecule is c1ccc2c(c1)CCCN2c1ccc2c(n1)OCCNC2. The lowest BCUT2D eigenvalue weighted by molar-refractivity contribution is 0.314. The van der Waals surface area contributed by atoms with E-state index in [-0.39, 0.29) is 0 Å². The molecule has 2 aliphatic heterocycles. The standard InChI is InChI=1S/C17H19N3O/c1-2-6-15-13(4-1)5-3-10-20(15)16-8-7-14-12-18-9-11-21-17(14)19-16/h1-2,4,6-8,18H,3,5,9-12H2. The van der Waals surface area contributed by atoms with Gasteiger partial charge in [0.25, 0.3) is 0 Å². The summed E-state index contributed by atoms with van der Waals surface area (Å²) in [6.45, 7) is 3.40. The first-order valence-corrected chi connectivity index (χ1v) is 7.61. The molecular formula is C17H19N3O. The van der Waals surface area contributed by atoms with Crippen LogP contribution in [0.25, 0.3) is 0 Å². The van der Waals surface area contributed by atoms with E-state index < -0.39 is 0 Å². The van der Waals surface area contributed by atoms with Gasteiger partial charge in [-0.3, -0.25) is 0 Å². The second-order valence-electron chi connectivity index (χ2n) is 5.54. The van der Waals surface area contributed by atoms with Gasteiger partial charge in [0.05, 0.1) is 0 Å². The largest absolute Gasteiger partial charge is 0.476 e. The lowest BCUT2D eigenvalue weighted by Crippen LogP contribution is -2.25. The van der Waals surface area contributed by atoms with Crippen molar-refractivity contribution in [1.29, 1.82) is 0 Å². The van der Waals surface area contributed by atoms with Gasteiger partial charge in [-0.05, 0) is 36.6 Å². The van der Waals surface area contributed by atoms with E-state index in [4.69, 9.17) is 9.72 Å². The fraction of sp³-hybridized carbons (Fsp3) is 0.353. The molecule has 2 aliphatic rings. The molecule has 2 aromatic rings. The molecule has 0 saturated carbocycles. The zero-order chi connectivity index (χ0) is 14.1. The van der Waals surface area contributed by atoms with Crippen LogP contribution in [-0.4, -0.2) is 24.7 Å². The zero-order valence-corrected chi connectivity index (χ0v) is 12.0. The topological polar surface area (TPSA) is 37.4 Å². The van der Waals surface area contributed by atoms with Crippen LogP contribution in [-0.2, 0) is 13.0 Å². The van der Waals surface area contributed by atoms with Gasteiger partial charge in [-0.2, -0.15) is 4.98 Å². The van der Waals surface area contributed by atoms with E-state index >= 15 is 0 Å². The Hall–Kier alpha value is -2.07. The fourth-order valence-corrected chi connectivity index (χ4v) is 3.08. The van der Waals surface area contributed by atoms with Crippen molar-refractivity contribution in [2.24, 2.45) is 0 Å². The van der Waals surface area contributed by atoms with Crippen molar-refractivity contribution >= 4 is 11.5 Å². The van der Waals surface area contributed by atoms with E-state index in [1.807, 2.05) is 0 Å². The number of aromatic nitrogens is 1. The lowest BCUT2D eigenvalue weighted by atomic mass is 10.0. The molecule has 1 aromatic carbocycles. The van der Waals surface area contributed by atoms with E-state index in [0.29, 0.717) is 6.61 Å². The summed E-state index contributed by atoms with van der Waals surface area (Å²) in [4.78, 5) is 7.07. The quantitative estimate of drug-likeness (QED) is 0.872. The fourth-order valence-electron chi connectivity index (χ4n) is 3.08. The molecule has 4 heteroatoms. The highest BCUT2D eigenvalue weighted by atomic mass is 16.5. The average molecular weight is 281 g/mol. The highest BCUT2D eigenvalue weighted by Gasteiger charge is 2.20. The van der Waals surface area contributed by atoms with Gasteiger partial charge in [0, 0.05) is 30.9 Å². The number of benzene rings is 1. The highest BCUT2D eigenvalue weighted by molar-refractivity contribution is 5.66. The Labute approximate surface area is 124 Å². The Morgan fingerprint density at radius 2 is 2.05 bits per heavy atom. The van der Waals surface area contributed by atoms with Gasteiger partial charge in [0.1, 0.15) is 12.4 Å². The van der Waals surface area contributed by atoms with Crippen LogP contribution in [0, 0.1) is 0 Å². The number of pyridine rings is 1. The zero-order valence-electron chi connectivity index (χ0n) is 12.0. The first kappa shape index (κ1) is 12.7. The minimum Gasteiger partial charge on any atom is -0.476 e. The molecule has 0 atom stereocenters. The molecule has 4 rings (SSSR count). The van der Waals surface area contributed by atoms with E-state index in [1.165, 1.54) is 11.3 Å². The van der Waals surface area contributed by atoms with Crippen LogP contribution in [0.1, 0.15) is 17.5 Å². The van der Waals surface area contributed by atoms with Crippen LogP contribution >= 0.6 is 0 Å². The monoisotopic (exact) mass is 281 g/mol. The third-order valence-corrected chi connectivity index (χ3v) is 4.14. The molecule has 0 amide bonds. The minimum atomic E-state index is 0.681.